The first-order valence-corrected chi connectivity index (χ1v) is 10.3. The fourth-order valence-corrected chi connectivity index (χ4v) is 4.82. The molecule has 2 aliphatic rings. The lowest BCUT2D eigenvalue weighted by Crippen LogP contribution is -2.47. The molecule has 2 aromatic rings. The Bertz CT molecular complexity index is 963. The van der Waals surface area contributed by atoms with Crippen molar-refractivity contribution < 1.29 is 9.18 Å². The first kappa shape index (κ1) is 18.6. The van der Waals surface area contributed by atoms with E-state index in [1.807, 2.05) is 17.0 Å². The lowest BCUT2D eigenvalue weighted by atomic mass is 9.86. The van der Waals surface area contributed by atoms with Crippen molar-refractivity contribution in [2.45, 2.75) is 25.7 Å². The lowest BCUT2D eigenvalue weighted by molar-refractivity contribution is -0.129. The molecule has 4 nitrogen and oxygen atoms in total. The quantitative estimate of drug-likeness (QED) is 0.764. The maximum absolute atomic E-state index is 13.2. The van der Waals surface area contributed by atoms with Crippen LogP contribution in [0.2, 0.25) is 0 Å². The summed E-state index contributed by atoms with van der Waals surface area (Å²) < 4.78 is 13.2. The Balaban J connectivity index is 1.63. The first-order chi connectivity index (χ1) is 13.6. The third-order valence-electron chi connectivity index (χ3n) is 5.28. The number of nitriles is 1. The van der Waals surface area contributed by atoms with E-state index in [0.717, 1.165) is 22.7 Å². The molecule has 2 aliphatic heterocycles. The van der Waals surface area contributed by atoms with Crippen LogP contribution in [0.1, 0.15) is 30.4 Å². The molecule has 1 atom stereocenters. The van der Waals surface area contributed by atoms with Gasteiger partial charge in [0.1, 0.15) is 5.82 Å². The Morgan fingerprint density at radius 2 is 1.89 bits per heavy atom. The van der Waals surface area contributed by atoms with Gasteiger partial charge in [-0.2, -0.15) is 5.26 Å². The molecule has 1 saturated heterocycles. The van der Waals surface area contributed by atoms with E-state index in [4.69, 9.17) is 0 Å². The maximum atomic E-state index is 13.2. The maximum Gasteiger partial charge on any atom is 0.229 e. The van der Waals surface area contributed by atoms with Crippen molar-refractivity contribution >= 4 is 23.4 Å². The molecule has 28 heavy (non-hydrogen) atoms. The van der Waals surface area contributed by atoms with Gasteiger partial charge in [0.2, 0.25) is 5.91 Å². The van der Waals surface area contributed by atoms with Gasteiger partial charge < -0.3 is 4.90 Å². The molecular formula is C22H20FN3OS. The van der Waals surface area contributed by atoms with Crippen LogP contribution in [0.25, 0.3) is 0 Å². The average molecular weight is 393 g/mol. The molecule has 0 aromatic heterocycles. The number of allylic oxidation sites excluding steroid dienone is 1. The summed E-state index contributed by atoms with van der Waals surface area (Å²) in [6.07, 6.45) is 1.24. The van der Waals surface area contributed by atoms with Crippen molar-refractivity contribution in [3.05, 3.63) is 76.1 Å². The minimum Gasteiger partial charge on any atom is -0.344 e. The van der Waals surface area contributed by atoms with E-state index in [9.17, 15) is 14.4 Å². The van der Waals surface area contributed by atoms with Gasteiger partial charge in [0.05, 0.1) is 29.2 Å². The van der Waals surface area contributed by atoms with Gasteiger partial charge in [0.15, 0.2) is 0 Å². The van der Waals surface area contributed by atoms with E-state index in [1.165, 1.54) is 29.5 Å². The summed E-state index contributed by atoms with van der Waals surface area (Å²) in [5.41, 5.74) is 3.76. The van der Waals surface area contributed by atoms with Crippen LogP contribution in [0.15, 0.2) is 59.1 Å². The van der Waals surface area contributed by atoms with Gasteiger partial charge >= 0.3 is 0 Å². The first-order valence-electron chi connectivity index (χ1n) is 9.27. The number of hydrogen-bond acceptors (Lipinski definition) is 4. The molecule has 1 fully saturated rings. The minimum atomic E-state index is -0.285. The summed E-state index contributed by atoms with van der Waals surface area (Å²) in [5.74, 6) is 0.140. The van der Waals surface area contributed by atoms with Crippen LogP contribution in [-0.4, -0.2) is 23.4 Å². The molecule has 1 amide bonds. The highest BCUT2D eigenvalue weighted by Gasteiger charge is 2.38. The van der Waals surface area contributed by atoms with Crippen LogP contribution >= 0.6 is 11.8 Å². The molecule has 0 saturated carbocycles. The van der Waals surface area contributed by atoms with Gasteiger partial charge in [-0.05, 0) is 41.8 Å². The summed E-state index contributed by atoms with van der Waals surface area (Å²) in [4.78, 5) is 16.6. The van der Waals surface area contributed by atoms with Crippen molar-refractivity contribution in [1.29, 1.82) is 5.26 Å². The molecule has 4 rings (SSSR count). The largest absolute Gasteiger partial charge is 0.344 e. The number of thioether (sulfide) groups is 1. The zero-order valence-corrected chi connectivity index (χ0v) is 16.4. The van der Waals surface area contributed by atoms with E-state index in [-0.39, 0.29) is 24.1 Å². The number of hydrogen-bond donors (Lipinski definition) is 0. The number of nitrogens with zero attached hydrogens (tertiary/aromatic N) is 3. The van der Waals surface area contributed by atoms with Crippen LogP contribution in [0.5, 0.6) is 0 Å². The Labute approximate surface area is 168 Å². The second-order valence-electron chi connectivity index (χ2n) is 6.94. The SMILES string of the molecule is CCc1ccc(C2CC(=O)N3CN(c4ccc(F)cc4)CSC3=C2C#N)cc1. The van der Waals surface area contributed by atoms with E-state index in [2.05, 4.69) is 25.1 Å². The van der Waals surface area contributed by atoms with Crippen molar-refractivity contribution in [3.63, 3.8) is 0 Å². The molecular weight excluding hydrogens is 373 g/mol. The molecule has 0 spiro atoms. The highest BCUT2D eigenvalue weighted by atomic mass is 32.2. The van der Waals surface area contributed by atoms with E-state index in [1.54, 1.807) is 17.0 Å². The highest BCUT2D eigenvalue weighted by Crippen LogP contribution is 2.43. The Morgan fingerprint density at radius 3 is 2.54 bits per heavy atom. The predicted octanol–water partition coefficient (Wildman–Crippen LogP) is 4.61. The molecule has 0 bridgehead atoms. The van der Waals surface area contributed by atoms with Crippen molar-refractivity contribution in [2.24, 2.45) is 0 Å². The van der Waals surface area contributed by atoms with Crippen LogP contribution in [0, 0.1) is 17.1 Å². The third-order valence-corrected chi connectivity index (χ3v) is 6.43. The van der Waals surface area contributed by atoms with Gasteiger partial charge in [0.25, 0.3) is 0 Å². The van der Waals surface area contributed by atoms with Crippen molar-refractivity contribution in [2.75, 3.05) is 17.4 Å². The number of benzene rings is 2. The summed E-state index contributed by atoms with van der Waals surface area (Å²) in [7, 11) is 0. The fraction of sp³-hybridized carbons (Fsp3) is 0.273. The lowest BCUT2D eigenvalue weighted by Gasteiger charge is -2.42. The molecule has 1 unspecified atom stereocenters. The molecule has 2 heterocycles. The van der Waals surface area contributed by atoms with Gasteiger partial charge in [-0.3, -0.25) is 9.69 Å². The van der Waals surface area contributed by atoms with Crippen LogP contribution in [-0.2, 0) is 11.2 Å². The van der Waals surface area contributed by atoms with Gasteiger partial charge in [-0.15, -0.1) is 0 Å². The molecule has 0 aliphatic carbocycles. The molecule has 6 heteroatoms. The van der Waals surface area contributed by atoms with Gasteiger partial charge in [-0.25, -0.2) is 4.39 Å². The molecule has 2 aromatic carbocycles. The molecule has 0 N–H and O–H groups in total. The van der Waals surface area contributed by atoms with E-state index in [0.29, 0.717) is 18.1 Å². The van der Waals surface area contributed by atoms with Crippen LogP contribution in [0.4, 0.5) is 10.1 Å². The number of fused-ring (bicyclic) bond motifs is 1. The smallest absolute Gasteiger partial charge is 0.229 e. The minimum absolute atomic E-state index is 0.0119. The topological polar surface area (TPSA) is 47.3 Å². The second-order valence-corrected chi connectivity index (χ2v) is 7.87. The van der Waals surface area contributed by atoms with E-state index >= 15 is 0 Å². The van der Waals surface area contributed by atoms with E-state index < -0.39 is 0 Å². The van der Waals surface area contributed by atoms with Gasteiger partial charge in [0, 0.05) is 18.0 Å². The predicted molar refractivity (Wildman–Crippen MR) is 109 cm³/mol. The third kappa shape index (κ3) is 3.38. The standard InChI is InChI=1S/C22H20FN3OS/c1-2-15-3-5-16(6-4-15)19-11-21(27)26-13-25(14-28-22(26)20(19)12-24)18-9-7-17(23)8-10-18/h3-10,19H,2,11,13-14H2,1H3. The molecule has 142 valence electrons. The van der Waals surface area contributed by atoms with Gasteiger partial charge in [-0.1, -0.05) is 43.0 Å². The Hall–Kier alpha value is -2.78. The van der Waals surface area contributed by atoms with Crippen molar-refractivity contribution in [1.82, 2.24) is 4.90 Å². The number of halogens is 1. The average Bonchev–Trinajstić information content (AvgIpc) is 2.74. The Kier molecular flexibility index (Phi) is 5.10. The fourth-order valence-electron chi connectivity index (χ4n) is 3.65. The summed E-state index contributed by atoms with van der Waals surface area (Å²) >= 11 is 1.49. The number of carbonyl (C=O) groups excluding carboxylic acids is 1. The normalized spacial score (nSPS) is 19.5. The number of anilines is 1. The number of rotatable bonds is 3. The van der Waals surface area contributed by atoms with Crippen LogP contribution < -0.4 is 4.90 Å². The summed E-state index contributed by atoms with van der Waals surface area (Å²) in [5, 5.41) is 10.6. The molecule has 0 radical (unpaired) electrons. The summed E-state index contributed by atoms with van der Waals surface area (Å²) in [6.45, 7) is 2.48. The van der Waals surface area contributed by atoms with Crippen LogP contribution in [0.3, 0.4) is 0 Å². The zero-order chi connectivity index (χ0) is 19.7. The number of carbonyl (C=O) groups is 1. The summed E-state index contributed by atoms with van der Waals surface area (Å²) in [6, 6.07) is 16.8. The Morgan fingerprint density at radius 1 is 1.18 bits per heavy atom. The number of amides is 1. The van der Waals surface area contributed by atoms with Crippen molar-refractivity contribution in [3.8, 4) is 6.07 Å². The monoisotopic (exact) mass is 393 g/mol. The zero-order valence-electron chi connectivity index (χ0n) is 15.6. The second kappa shape index (κ2) is 7.69. The number of aryl methyl sites for hydroxylation is 1. The highest BCUT2D eigenvalue weighted by molar-refractivity contribution is 8.03.